The maximum absolute atomic E-state index is 11.8. The molecule has 2 spiro atoms. The highest BCUT2D eigenvalue weighted by atomic mass is 35.5. The Morgan fingerprint density at radius 1 is 0.731 bits per heavy atom. The van der Waals surface area contributed by atoms with Crippen LogP contribution < -0.4 is 20.1 Å². The van der Waals surface area contributed by atoms with Crippen molar-refractivity contribution in [3.8, 4) is 51.5 Å². The molecule has 4 aromatic rings. The number of nitriles is 1. The van der Waals surface area contributed by atoms with E-state index in [0.717, 1.165) is 66.8 Å². The van der Waals surface area contributed by atoms with Crippen LogP contribution >= 0.6 is 23.2 Å². The van der Waals surface area contributed by atoms with E-state index in [4.69, 9.17) is 42.6 Å². The third-order valence-electron chi connectivity index (χ3n) is 10.5. The summed E-state index contributed by atoms with van der Waals surface area (Å²) in [5.74, 6) is 1.14. The smallest absolute Gasteiger partial charge is 0.220 e. The first kappa shape index (κ1) is 34.4. The SMILES string of the molecule is COc1nc(-c2cccc(-c3cccc(-c4ccc(CN5CC6(CCC(=O)N6)C5)c(OCC#N)n4)c3Cl)c2Cl)ccc1CN1CC2(CCC(=O)N2)C1. The number of aromatic nitrogens is 2. The van der Waals surface area contributed by atoms with Crippen LogP contribution in [0.3, 0.4) is 0 Å². The number of hydrogen-bond acceptors (Lipinski definition) is 9. The van der Waals surface area contributed by atoms with Gasteiger partial charge >= 0.3 is 0 Å². The lowest BCUT2D eigenvalue weighted by molar-refractivity contribution is -0.121. The Morgan fingerprint density at radius 3 is 1.63 bits per heavy atom. The van der Waals surface area contributed by atoms with Gasteiger partial charge in [-0.2, -0.15) is 5.26 Å². The Bertz CT molecular complexity index is 2120. The number of hydrogen-bond donors (Lipinski definition) is 2. The van der Waals surface area contributed by atoms with Gasteiger partial charge in [0.2, 0.25) is 23.6 Å². The fourth-order valence-electron chi connectivity index (χ4n) is 8.10. The molecule has 2 N–H and O–H groups in total. The van der Waals surface area contributed by atoms with Gasteiger partial charge in [0.25, 0.3) is 0 Å². The molecular weight excluding hydrogens is 701 g/mol. The first-order valence-corrected chi connectivity index (χ1v) is 18.1. The minimum Gasteiger partial charge on any atom is -0.481 e. The zero-order chi connectivity index (χ0) is 36.0. The van der Waals surface area contributed by atoms with E-state index in [2.05, 4.69) is 20.4 Å². The molecule has 0 radical (unpaired) electrons. The van der Waals surface area contributed by atoms with E-state index >= 15 is 0 Å². The molecule has 0 unspecified atom stereocenters. The minimum atomic E-state index is -0.141. The molecule has 8 rings (SSSR count). The standard InChI is InChI=1S/C39H37Cl2N7O4/c1-51-36-24(18-47-20-38(21-47)14-12-32(49)45-38)8-10-30(43-36)28-6-2-4-26(34(28)40)27-5-3-7-29(35(27)41)31-11-9-25(37(44-31)52-17-16-42)19-48-22-39(23-48)15-13-33(50)46-39/h2-11H,12-15,17-23H2,1H3,(H,45,49)(H,46,50). The van der Waals surface area contributed by atoms with Crippen molar-refractivity contribution < 1.29 is 19.1 Å². The lowest BCUT2D eigenvalue weighted by Crippen LogP contribution is -2.66. The molecule has 2 aromatic heterocycles. The molecule has 4 aliphatic heterocycles. The number of methoxy groups -OCH3 is 1. The van der Waals surface area contributed by atoms with Crippen LogP contribution in [-0.4, -0.2) is 82.6 Å². The molecule has 4 aliphatic rings. The van der Waals surface area contributed by atoms with Crippen molar-refractivity contribution in [3.63, 3.8) is 0 Å². The van der Waals surface area contributed by atoms with E-state index in [0.29, 0.717) is 64.7 Å². The molecule has 4 fully saturated rings. The van der Waals surface area contributed by atoms with Gasteiger partial charge in [-0.15, -0.1) is 0 Å². The summed E-state index contributed by atoms with van der Waals surface area (Å²) in [7, 11) is 1.61. The average molecular weight is 739 g/mol. The Labute approximate surface area is 311 Å². The number of benzene rings is 2. The number of rotatable bonds is 10. The van der Waals surface area contributed by atoms with Gasteiger partial charge in [-0.3, -0.25) is 19.4 Å². The second-order valence-electron chi connectivity index (χ2n) is 14.3. The van der Waals surface area contributed by atoms with E-state index in [-0.39, 0.29) is 29.5 Å². The molecule has 0 atom stereocenters. The lowest BCUT2D eigenvalue weighted by atomic mass is 9.88. The first-order chi connectivity index (χ1) is 25.2. The summed E-state index contributed by atoms with van der Waals surface area (Å²) < 4.78 is 11.5. The van der Waals surface area contributed by atoms with Crippen molar-refractivity contribution >= 4 is 35.0 Å². The maximum atomic E-state index is 11.8. The highest BCUT2D eigenvalue weighted by molar-refractivity contribution is 6.39. The lowest BCUT2D eigenvalue weighted by Gasteiger charge is -2.48. The van der Waals surface area contributed by atoms with Gasteiger partial charge in [0.1, 0.15) is 6.07 Å². The number of halogens is 2. The van der Waals surface area contributed by atoms with Gasteiger partial charge in [0, 0.05) is 85.5 Å². The number of carbonyl (C=O) groups excluding carboxylic acids is 2. The normalized spacial score (nSPS) is 18.8. The molecular formula is C39H37Cl2N7O4. The van der Waals surface area contributed by atoms with Crippen LogP contribution in [0.25, 0.3) is 33.6 Å². The molecule has 52 heavy (non-hydrogen) atoms. The predicted molar refractivity (Wildman–Crippen MR) is 197 cm³/mol. The van der Waals surface area contributed by atoms with Gasteiger partial charge in [0.05, 0.1) is 39.6 Å². The van der Waals surface area contributed by atoms with Crippen molar-refractivity contribution in [2.24, 2.45) is 0 Å². The van der Waals surface area contributed by atoms with Crippen molar-refractivity contribution in [1.82, 2.24) is 30.4 Å². The summed E-state index contributed by atoms with van der Waals surface area (Å²) in [6, 6.07) is 21.4. The number of likely N-dealkylation sites (tertiary alicyclic amines) is 2. The summed E-state index contributed by atoms with van der Waals surface area (Å²) >= 11 is 14.3. The van der Waals surface area contributed by atoms with Crippen LogP contribution in [0.1, 0.15) is 36.8 Å². The van der Waals surface area contributed by atoms with Gasteiger partial charge in [-0.25, -0.2) is 9.97 Å². The van der Waals surface area contributed by atoms with Crippen molar-refractivity contribution in [1.29, 1.82) is 5.26 Å². The summed E-state index contributed by atoms with van der Waals surface area (Å²) in [5, 5.41) is 16.5. The fraction of sp³-hybridized carbons (Fsp3) is 0.359. The maximum Gasteiger partial charge on any atom is 0.220 e. The molecule has 0 saturated carbocycles. The van der Waals surface area contributed by atoms with Crippen LogP contribution in [-0.2, 0) is 22.7 Å². The zero-order valence-corrected chi connectivity index (χ0v) is 30.2. The third kappa shape index (κ3) is 6.45. The number of carbonyl (C=O) groups is 2. The van der Waals surface area contributed by atoms with E-state index in [9.17, 15) is 14.9 Å². The average Bonchev–Trinajstić information content (AvgIpc) is 3.71. The monoisotopic (exact) mass is 737 g/mol. The molecule has 2 aromatic carbocycles. The van der Waals surface area contributed by atoms with Crippen LogP contribution in [0.15, 0.2) is 60.7 Å². The van der Waals surface area contributed by atoms with Gasteiger partial charge in [-0.05, 0) is 25.0 Å². The molecule has 11 nitrogen and oxygen atoms in total. The largest absolute Gasteiger partial charge is 0.481 e. The summed E-state index contributed by atoms with van der Waals surface area (Å²) in [4.78, 5) is 37.7. The van der Waals surface area contributed by atoms with E-state index in [1.165, 1.54) is 0 Å². The summed E-state index contributed by atoms with van der Waals surface area (Å²) in [5.41, 5.74) is 5.76. The highest BCUT2D eigenvalue weighted by Gasteiger charge is 2.48. The molecule has 6 heterocycles. The minimum absolute atomic E-state index is 0.0910. The fourth-order valence-corrected chi connectivity index (χ4v) is 8.75. The highest BCUT2D eigenvalue weighted by Crippen LogP contribution is 2.43. The number of ether oxygens (including phenoxy) is 2. The molecule has 0 aliphatic carbocycles. The predicted octanol–water partition coefficient (Wildman–Crippen LogP) is 5.62. The molecule has 4 saturated heterocycles. The Balaban J connectivity index is 1.03. The second-order valence-corrected chi connectivity index (χ2v) is 15.0. The molecule has 0 bridgehead atoms. The zero-order valence-electron chi connectivity index (χ0n) is 28.7. The van der Waals surface area contributed by atoms with Gasteiger partial charge in [-0.1, -0.05) is 71.7 Å². The van der Waals surface area contributed by atoms with E-state index < -0.39 is 0 Å². The van der Waals surface area contributed by atoms with Gasteiger partial charge in [0.15, 0.2) is 6.61 Å². The van der Waals surface area contributed by atoms with Crippen molar-refractivity contribution in [2.75, 3.05) is 39.9 Å². The number of amides is 2. The number of nitrogens with one attached hydrogen (secondary N) is 2. The molecule has 2 amide bonds. The van der Waals surface area contributed by atoms with Crippen LogP contribution in [0, 0.1) is 11.3 Å². The third-order valence-corrected chi connectivity index (χ3v) is 11.4. The first-order valence-electron chi connectivity index (χ1n) is 17.4. The second kappa shape index (κ2) is 13.7. The Morgan fingerprint density at radius 2 is 1.19 bits per heavy atom. The molecule has 266 valence electrons. The number of nitrogens with zero attached hydrogens (tertiary/aromatic N) is 5. The van der Waals surface area contributed by atoms with Crippen molar-refractivity contribution in [2.45, 2.75) is 49.9 Å². The number of pyridine rings is 2. The summed E-state index contributed by atoms with van der Waals surface area (Å²) in [6.07, 6.45) is 2.88. The summed E-state index contributed by atoms with van der Waals surface area (Å²) in [6.45, 7) is 4.26. The van der Waals surface area contributed by atoms with Crippen molar-refractivity contribution in [3.05, 3.63) is 81.8 Å². The Hall–Kier alpha value is -4.73. The van der Waals surface area contributed by atoms with Crippen LogP contribution in [0.2, 0.25) is 10.0 Å². The molecule has 13 heteroatoms. The topological polar surface area (TPSA) is 133 Å². The van der Waals surface area contributed by atoms with Gasteiger partial charge < -0.3 is 20.1 Å². The van der Waals surface area contributed by atoms with E-state index in [1.807, 2.05) is 66.7 Å². The van der Waals surface area contributed by atoms with Crippen LogP contribution in [0.5, 0.6) is 11.8 Å². The Kier molecular flexibility index (Phi) is 9.04. The van der Waals surface area contributed by atoms with E-state index in [1.54, 1.807) is 7.11 Å². The van der Waals surface area contributed by atoms with Crippen LogP contribution in [0.4, 0.5) is 0 Å². The quantitative estimate of drug-likeness (QED) is 0.213.